The predicted molar refractivity (Wildman–Crippen MR) is 150 cm³/mol. The summed E-state index contributed by atoms with van der Waals surface area (Å²) >= 11 is 0. The highest BCUT2D eigenvalue weighted by Crippen LogP contribution is 2.27. The lowest BCUT2D eigenvalue weighted by Crippen LogP contribution is -2.33. The van der Waals surface area contributed by atoms with Crippen molar-refractivity contribution in [1.82, 2.24) is 10.2 Å². The maximum absolute atomic E-state index is 13.0. The minimum Gasteiger partial charge on any atom is -0.493 e. The third-order valence-electron chi connectivity index (χ3n) is 6.93. The number of nitrogens with zero attached hydrogens (tertiary/aromatic N) is 1. The Bertz CT molecular complexity index is 1240. The van der Waals surface area contributed by atoms with E-state index in [0.29, 0.717) is 41.3 Å². The van der Waals surface area contributed by atoms with Crippen LogP contribution < -0.4 is 20.1 Å². The SMILES string of the molecule is COc1ccc(CCNC(=O)c2ccccc2NC(=O)c2ccc(CN3CCC[C@@H](C)C3)cc2)cc1OC. The van der Waals surface area contributed by atoms with Crippen LogP contribution in [0.5, 0.6) is 11.5 Å². The van der Waals surface area contributed by atoms with Crippen molar-refractivity contribution < 1.29 is 19.1 Å². The minimum atomic E-state index is -0.243. The molecule has 7 heteroatoms. The number of anilines is 1. The first-order valence-electron chi connectivity index (χ1n) is 13.2. The van der Waals surface area contributed by atoms with Gasteiger partial charge in [-0.3, -0.25) is 14.5 Å². The zero-order chi connectivity index (χ0) is 26.9. The van der Waals surface area contributed by atoms with Crippen LogP contribution >= 0.6 is 0 Å². The Labute approximate surface area is 225 Å². The maximum Gasteiger partial charge on any atom is 0.255 e. The number of hydrogen-bond donors (Lipinski definition) is 2. The summed E-state index contributed by atoms with van der Waals surface area (Å²) in [6.07, 6.45) is 3.17. The van der Waals surface area contributed by atoms with Gasteiger partial charge < -0.3 is 20.1 Å². The molecule has 3 aromatic carbocycles. The molecule has 0 unspecified atom stereocenters. The monoisotopic (exact) mass is 515 g/mol. The van der Waals surface area contributed by atoms with E-state index in [1.54, 1.807) is 38.5 Å². The first-order chi connectivity index (χ1) is 18.5. The average molecular weight is 516 g/mol. The Morgan fingerprint density at radius 2 is 1.66 bits per heavy atom. The minimum absolute atomic E-state index is 0.242. The largest absolute Gasteiger partial charge is 0.493 e. The van der Waals surface area contributed by atoms with Crippen molar-refractivity contribution >= 4 is 17.5 Å². The first-order valence-corrected chi connectivity index (χ1v) is 13.2. The van der Waals surface area contributed by atoms with Crippen molar-refractivity contribution in [2.75, 3.05) is 39.2 Å². The molecule has 2 amide bonds. The van der Waals surface area contributed by atoms with Crippen LogP contribution in [0.15, 0.2) is 66.7 Å². The summed E-state index contributed by atoms with van der Waals surface area (Å²) in [5.74, 6) is 1.56. The van der Waals surface area contributed by atoms with E-state index < -0.39 is 0 Å². The van der Waals surface area contributed by atoms with Gasteiger partial charge in [0.15, 0.2) is 11.5 Å². The number of ether oxygens (including phenoxy) is 2. The van der Waals surface area contributed by atoms with Crippen LogP contribution in [0.4, 0.5) is 5.69 Å². The molecule has 2 N–H and O–H groups in total. The van der Waals surface area contributed by atoms with Crippen LogP contribution in [-0.2, 0) is 13.0 Å². The highest BCUT2D eigenvalue weighted by atomic mass is 16.5. The number of piperidine rings is 1. The number of hydrogen-bond acceptors (Lipinski definition) is 5. The molecule has 200 valence electrons. The van der Waals surface area contributed by atoms with E-state index in [1.165, 1.54) is 18.4 Å². The van der Waals surface area contributed by atoms with E-state index in [9.17, 15) is 9.59 Å². The van der Waals surface area contributed by atoms with Gasteiger partial charge in [-0.25, -0.2) is 0 Å². The van der Waals surface area contributed by atoms with E-state index in [0.717, 1.165) is 31.1 Å². The van der Waals surface area contributed by atoms with Crippen molar-refractivity contribution in [2.45, 2.75) is 32.7 Å². The molecule has 0 bridgehead atoms. The lowest BCUT2D eigenvalue weighted by atomic mass is 9.99. The molecule has 1 atom stereocenters. The molecule has 1 aliphatic rings. The Morgan fingerprint density at radius 1 is 0.921 bits per heavy atom. The van der Waals surface area contributed by atoms with Gasteiger partial charge in [-0.05, 0) is 79.3 Å². The molecular formula is C31H37N3O4. The molecule has 0 aliphatic carbocycles. The van der Waals surface area contributed by atoms with Crippen LogP contribution in [-0.4, -0.2) is 50.6 Å². The highest BCUT2D eigenvalue weighted by Gasteiger charge is 2.17. The molecule has 1 heterocycles. The third-order valence-corrected chi connectivity index (χ3v) is 6.93. The van der Waals surface area contributed by atoms with Crippen molar-refractivity contribution in [1.29, 1.82) is 0 Å². The number of benzene rings is 3. The van der Waals surface area contributed by atoms with Crippen LogP contribution in [0.25, 0.3) is 0 Å². The van der Waals surface area contributed by atoms with E-state index in [2.05, 4.69) is 22.5 Å². The standard InChI is InChI=1S/C31H37N3O4/c1-22-7-6-18-34(20-22)21-24-10-13-25(14-11-24)30(35)33-27-9-5-4-8-26(27)31(36)32-17-16-23-12-15-28(37-2)29(19-23)38-3/h4-5,8-15,19,22H,6-7,16-18,20-21H2,1-3H3,(H,32,36)(H,33,35)/t22-/m1/s1. The number of likely N-dealkylation sites (tertiary alicyclic amines) is 1. The number of para-hydroxylation sites is 1. The van der Waals surface area contributed by atoms with Crippen LogP contribution in [0.3, 0.4) is 0 Å². The van der Waals surface area contributed by atoms with Crippen molar-refractivity contribution in [2.24, 2.45) is 5.92 Å². The van der Waals surface area contributed by atoms with E-state index in [4.69, 9.17) is 9.47 Å². The predicted octanol–water partition coefficient (Wildman–Crippen LogP) is 5.16. The molecule has 0 spiro atoms. The lowest BCUT2D eigenvalue weighted by molar-refractivity contribution is 0.0955. The number of rotatable bonds is 10. The summed E-state index contributed by atoms with van der Waals surface area (Å²) in [4.78, 5) is 28.4. The van der Waals surface area contributed by atoms with Crippen LogP contribution in [0.2, 0.25) is 0 Å². The Morgan fingerprint density at radius 3 is 2.39 bits per heavy atom. The van der Waals surface area contributed by atoms with Crippen molar-refractivity contribution in [3.05, 3.63) is 89.0 Å². The molecule has 4 rings (SSSR count). The van der Waals surface area contributed by atoms with Gasteiger partial charge in [-0.2, -0.15) is 0 Å². The second kappa shape index (κ2) is 13.1. The summed E-state index contributed by atoms with van der Waals surface area (Å²) < 4.78 is 10.6. The quantitative estimate of drug-likeness (QED) is 0.390. The molecule has 7 nitrogen and oxygen atoms in total. The number of carbonyl (C=O) groups is 2. The Hall–Kier alpha value is -3.84. The summed E-state index contributed by atoms with van der Waals surface area (Å²) in [7, 11) is 3.19. The topological polar surface area (TPSA) is 79.9 Å². The van der Waals surface area contributed by atoms with Crippen LogP contribution in [0, 0.1) is 5.92 Å². The van der Waals surface area contributed by atoms with Gasteiger partial charge in [0.25, 0.3) is 11.8 Å². The molecular weight excluding hydrogens is 478 g/mol. The van der Waals surface area contributed by atoms with Gasteiger partial charge in [0.05, 0.1) is 25.5 Å². The van der Waals surface area contributed by atoms with E-state index in [1.807, 2.05) is 42.5 Å². The summed E-state index contributed by atoms with van der Waals surface area (Å²) in [5, 5.41) is 5.86. The normalized spacial score (nSPS) is 15.5. The Balaban J connectivity index is 1.33. The van der Waals surface area contributed by atoms with Gasteiger partial charge in [0.2, 0.25) is 0 Å². The van der Waals surface area contributed by atoms with Gasteiger partial charge in [0, 0.05) is 25.2 Å². The third kappa shape index (κ3) is 7.13. The van der Waals surface area contributed by atoms with Gasteiger partial charge in [-0.15, -0.1) is 0 Å². The fourth-order valence-electron chi connectivity index (χ4n) is 4.89. The van der Waals surface area contributed by atoms with Gasteiger partial charge >= 0.3 is 0 Å². The second-order valence-corrected chi connectivity index (χ2v) is 9.87. The molecule has 1 aliphatic heterocycles. The molecule has 1 fully saturated rings. The number of nitrogens with one attached hydrogen (secondary N) is 2. The smallest absolute Gasteiger partial charge is 0.255 e. The zero-order valence-corrected chi connectivity index (χ0v) is 22.5. The summed E-state index contributed by atoms with van der Waals surface area (Å²) in [6.45, 7) is 5.89. The number of methoxy groups -OCH3 is 2. The van der Waals surface area contributed by atoms with E-state index >= 15 is 0 Å². The molecule has 38 heavy (non-hydrogen) atoms. The highest BCUT2D eigenvalue weighted by molar-refractivity contribution is 6.09. The first kappa shape index (κ1) is 27.2. The molecule has 0 radical (unpaired) electrons. The van der Waals surface area contributed by atoms with Crippen LogP contribution in [0.1, 0.15) is 51.6 Å². The summed E-state index contributed by atoms with van der Waals surface area (Å²) in [6, 6.07) is 20.5. The van der Waals surface area contributed by atoms with Crippen molar-refractivity contribution in [3.8, 4) is 11.5 Å². The van der Waals surface area contributed by atoms with Gasteiger partial charge in [0.1, 0.15) is 0 Å². The molecule has 3 aromatic rings. The number of amides is 2. The zero-order valence-electron chi connectivity index (χ0n) is 22.5. The lowest BCUT2D eigenvalue weighted by Gasteiger charge is -2.30. The second-order valence-electron chi connectivity index (χ2n) is 9.87. The maximum atomic E-state index is 13.0. The number of carbonyl (C=O) groups excluding carboxylic acids is 2. The molecule has 0 aromatic heterocycles. The van der Waals surface area contributed by atoms with Gasteiger partial charge in [-0.1, -0.05) is 37.3 Å². The Kier molecular flexibility index (Phi) is 9.38. The fourth-order valence-corrected chi connectivity index (χ4v) is 4.89. The van der Waals surface area contributed by atoms with Crippen molar-refractivity contribution in [3.63, 3.8) is 0 Å². The summed E-state index contributed by atoms with van der Waals surface area (Å²) in [5.41, 5.74) is 3.67. The molecule has 0 saturated carbocycles. The van der Waals surface area contributed by atoms with E-state index in [-0.39, 0.29) is 11.8 Å². The molecule has 1 saturated heterocycles. The fraction of sp³-hybridized carbons (Fsp3) is 0.355. The average Bonchev–Trinajstić information content (AvgIpc) is 2.93.